The van der Waals surface area contributed by atoms with Crippen molar-refractivity contribution in [3.63, 3.8) is 0 Å². The SMILES string of the molecule is Cc1cccc(NC(=O)N2CCC(CN3CCC[C@@H](C)C3)CC2)c1C. The summed E-state index contributed by atoms with van der Waals surface area (Å²) in [6, 6.07) is 6.13. The molecule has 1 N–H and O–H groups in total. The second-order valence-electron chi connectivity index (χ2n) is 8.12. The van der Waals surface area contributed by atoms with E-state index < -0.39 is 0 Å². The molecule has 1 atom stereocenters. The molecular formula is C21H33N3O. The van der Waals surface area contributed by atoms with E-state index >= 15 is 0 Å². The van der Waals surface area contributed by atoms with Gasteiger partial charge in [-0.3, -0.25) is 0 Å². The number of benzene rings is 1. The van der Waals surface area contributed by atoms with Crippen LogP contribution in [0, 0.1) is 25.7 Å². The van der Waals surface area contributed by atoms with Crippen LogP contribution in [-0.4, -0.2) is 48.6 Å². The summed E-state index contributed by atoms with van der Waals surface area (Å²) < 4.78 is 0. The number of hydrogen-bond donors (Lipinski definition) is 1. The van der Waals surface area contributed by atoms with Crippen molar-refractivity contribution < 1.29 is 4.79 Å². The third-order valence-corrected chi connectivity index (χ3v) is 6.01. The Kier molecular flexibility index (Phi) is 6.00. The highest BCUT2D eigenvalue weighted by atomic mass is 16.2. The monoisotopic (exact) mass is 343 g/mol. The lowest BCUT2D eigenvalue weighted by atomic mass is 9.94. The Morgan fingerprint density at radius 1 is 1.16 bits per heavy atom. The number of nitrogens with zero attached hydrogens (tertiary/aromatic N) is 2. The summed E-state index contributed by atoms with van der Waals surface area (Å²) in [5, 5.41) is 3.10. The number of carbonyl (C=O) groups excluding carboxylic acids is 1. The number of nitrogens with one attached hydrogen (secondary N) is 1. The first-order chi connectivity index (χ1) is 12.0. The molecule has 0 bridgehead atoms. The van der Waals surface area contributed by atoms with Crippen LogP contribution in [0.25, 0.3) is 0 Å². The van der Waals surface area contributed by atoms with E-state index in [0.717, 1.165) is 49.0 Å². The number of carbonyl (C=O) groups is 1. The van der Waals surface area contributed by atoms with Gasteiger partial charge < -0.3 is 15.1 Å². The van der Waals surface area contributed by atoms with Gasteiger partial charge in [0.2, 0.25) is 0 Å². The van der Waals surface area contributed by atoms with Gasteiger partial charge in [0.15, 0.2) is 0 Å². The minimum absolute atomic E-state index is 0.0544. The van der Waals surface area contributed by atoms with Crippen molar-refractivity contribution in [2.45, 2.75) is 46.5 Å². The van der Waals surface area contributed by atoms with Gasteiger partial charge in [-0.1, -0.05) is 19.1 Å². The fraction of sp³-hybridized carbons (Fsp3) is 0.667. The number of rotatable bonds is 3. The molecular weight excluding hydrogens is 310 g/mol. The van der Waals surface area contributed by atoms with E-state index in [2.05, 4.69) is 37.1 Å². The molecule has 2 aliphatic heterocycles. The van der Waals surface area contributed by atoms with Crippen LogP contribution < -0.4 is 5.32 Å². The van der Waals surface area contributed by atoms with Gasteiger partial charge in [-0.15, -0.1) is 0 Å². The largest absolute Gasteiger partial charge is 0.325 e. The van der Waals surface area contributed by atoms with Crippen molar-refractivity contribution in [3.05, 3.63) is 29.3 Å². The number of likely N-dealkylation sites (tertiary alicyclic amines) is 2. The molecule has 0 radical (unpaired) electrons. The molecule has 2 heterocycles. The molecule has 4 heteroatoms. The zero-order valence-corrected chi connectivity index (χ0v) is 16.1. The lowest BCUT2D eigenvalue weighted by molar-refractivity contribution is 0.125. The maximum atomic E-state index is 12.6. The average molecular weight is 344 g/mol. The van der Waals surface area contributed by atoms with Gasteiger partial charge in [-0.2, -0.15) is 0 Å². The molecule has 4 nitrogen and oxygen atoms in total. The molecule has 2 fully saturated rings. The minimum Gasteiger partial charge on any atom is -0.325 e. The molecule has 0 spiro atoms. The summed E-state index contributed by atoms with van der Waals surface area (Å²) in [6.07, 6.45) is 4.99. The molecule has 3 rings (SSSR count). The molecule has 1 aromatic rings. The fourth-order valence-corrected chi connectivity index (χ4v) is 4.22. The Morgan fingerprint density at radius 3 is 2.64 bits per heavy atom. The summed E-state index contributed by atoms with van der Waals surface area (Å²) in [4.78, 5) is 17.2. The van der Waals surface area contributed by atoms with Crippen LogP contribution in [0.3, 0.4) is 0 Å². The zero-order chi connectivity index (χ0) is 17.8. The number of amides is 2. The third kappa shape index (κ3) is 4.75. The Hall–Kier alpha value is -1.55. The number of urea groups is 1. The normalized spacial score (nSPS) is 22.8. The second-order valence-corrected chi connectivity index (χ2v) is 8.12. The molecule has 2 amide bonds. The number of aryl methyl sites for hydroxylation is 1. The van der Waals surface area contributed by atoms with Crippen LogP contribution in [0.4, 0.5) is 10.5 Å². The topological polar surface area (TPSA) is 35.6 Å². The van der Waals surface area contributed by atoms with Crippen LogP contribution in [0.15, 0.2) is 18.2 Å². The third-order valence-electron chi connectivity index (χ3n) is 6.01. The lowest BCUT2D eigenvalue weighted by Gasteiger charge is -2.37. The van der Waals surface area contributed by atoms with E-state index in [4.69, 9.17) is 0 Å². The first-order valence-corrected chi connectivity index (χ1v) is 9.87. The van der Waals surface area contributed by atoms with Gasteiger partial charge in [-0.25, -0.2) is 4.79 Å². The lowest BCUT2D eigenvalue weighted by Crippen LogP contribution is -2.44. The van der Waals surface area contributed by atoms with Crippen LogP contribution in [0.5, 0.6) is 0 Å². The van der Waals surface area contributed by atoms with E-state index in [1.807, 2.05) is 17.0 Å². The fourth-order valence-electron chi connectivity index (χ4n) is 4.22. The maximum Gasteiger partial charge on any atom is 0.321 e. The highest BCUT2D eigenvalue weighted by molar-refractivity contribution is 5.90. The Morgan fingerprint density at radius 2 is 1.92 bits per heavy atom. The summed E-state index contributed by atoms with van der Waals surface area (Å²) in [5.41, 5.74) is 3.31. The predicted molar refractivity (Wildman–Crippen MR) is 104 cm³/mol. The Labute approximate surface area is 152 Å². The summed E-state index contributed by atoms with van der Waals surface area (Å²) >= 11 is 0. The molecule has 0 aliphatic carbocycles. The molecule has 1 aromatic carbocycles. The van der Waals surface area contributed by atoms with Crippen molar-refractivity contribution in [2.24, 2.45) is 11.8 Å². The molecule has 0 unspecified atom stereocenters. The highest BCUT2D eigenvalue weighted by Gasteiger charge is 2.26. The van der Waals surface area contributed by atoms with Gasteiger partial charge in [0.05, 0.1) is 0 Å². The molecule has 0 saturated carbocycles. The molecule has 25 heavy (non-hydrogen) atoms. The van der Waals surface area contributed by atoms with Crippen molar-refractivity contribution >= 4 is 11.7 Å². The number of anilines is 1. The van der Waals surface area contributed by atoms with Crippen LogP contribution in [0.1, 0.15) is 43.7 Å². The van der Waals surface area contributed by atoms with Gasteiger partial charge in [-0.05, 0) is 75.1 Å². The van der Waals surface area contributed by atoms with Crippen LogP contribution in [0.2, 0.25) is 0 Å². The summed E-state index contributed by atoms with van der Waals surface area (Å²) in [6.45, 7) is 12.0. The standard InChI is InChI=1S/C21H33N3O/c1-16-6-5-11-23(14-16)15-19-9-12-24(13-10-19)21(25)22-20-8-4-7-17(2)18(20)3/h4,7-8,16,19H,5-6,9-15H2,1-3H3,(H,22,25)/t16-/m1/s1. The van der Waals surface area contributed by atoms with Crippen LogP contribution >= 0.6 is 0 Å². The predicted octanol–water partition coefficient (Wildman–Crippen LogP) is 4.28. The van der Waals surface area contributed by atoms with Gasteiger partial charge in [0, 0.05) is 31.9 Å². The molecule has 2 saturated heterocycles. The molecule has 138 valence electrons. The van der Waals surface area contributed by atoms with Crippen molar-refractivity contribution in [3.8, 4) is 0 Å². The van der Waals surface area contributed by atoms with Crippen molar-refractivity contribution in [1.29, 1.82) is 0 Å². The van der Waals surface area contributed by atoms with E-state index in [0.29, 0.717) is 0 Å². The summed E-state index contributed by atoms with van der Waals surface area (Å²) in [7, 11) is 0. The quantitative estimate of drug-likeness (QED) is 0.889. The average Bonchev–Trinajstić information content (AvgIpc) is 2.59. The van der Waals surface area contributed by atoms with E-state index in [9.17, 15) is 4.79 Å². The highest BCUT2D eigenvalue weighted by Crippen LogP contribution is 2.24. The van der Waals surface area contributed by atoms with Gasteiger partial charge in [0.1, 0.15) is 0 Å². The van der Waals surface area contributed by atoms with E-state index in [1.54, 1.807) is 0 Å². The summed E-state index contributed by atoms with van der Waals surface area (Å²) in [5.74, 6) is 1.59. The van der Waals surface area contributed by atoms with Gasteiger partial charge in [0.25, 0.3) is 0 Å². The van der Waals surface area contributed by atoms with E-state index in [-0.39, 0.29) is 6.03 Å². The number of hydrogen-bond acceptors (Lipinski definition) is 2. The van der Waals surface area contributed by atoms with Crippen molar-refractivity contribution in [1.82, 2.24) is 9.80 Å². The molecule has 2 aliphatic rings. The van der Waals surface area contributed by atoms with Crippen LogP contribution in [-0.2, 0) is 0 Å². The van der Waals surface area contributed by atoms with Gasteiger partial charge >= 0.3 is 6.03 Å². The Balaban J connectivity index is 1.47. The zero-order valence-electron chi connectivity index (χ0n) is 16.1. The number of piperidine rings is 2. The molecule has 0 aromatic heterocycles. The minimum atomic E-state index is 0.0544. The maximum absolute atomic E-state index is 12.6. The Bertz CT molecular complexity index is 593. The smallest absolute Gasteiger partial charge is 0.321 e. The first kappa shape index (κ1) is 18.2. The van der Waals surface area contributed by atoms with Crippen molar-refractivity contribution in [2.75, 3.05) is 38.0 Å². The first-order valence-electron chi connectivity index (χ1n) is 9.87. The second kappa shape index (κ2) is 8.22. The van der Waals surface area contributed by atoms with E-state index in [1.165, 1.54) is 38.0 Å².